The second-order valence-corrected chi connectivity index (χ2v) is 15.6. The summed E-state index contributed by atoms with van der Waals surface area (Å²) < 4.78 is 5.63. The molecule has 4 heterocycles. The van der Waals surface area contributed by atoms with E-state index in [1.165, 1.54) is 0 Å². The zero-order chi connectivity index (χ0) is 38.6. The molecule has 13 nitrogen and oxygen atoms in total. The summed E-state index contributed by atoms with van der Waals surface area (Å²) in [6, 6.07) is 21.3. The van der Waals surface area contributed by atoms with Crippen LogP contribution in [-0.4, -0.2) is 131 Å². The lowest BCUT2D eigenvalue weighted by Crippen LogP contribution is -2.59. The van der Waals surface area contributed by atoms with Gasteiger partial charge in [-0.3, -0.25) is 14.5 Å². The van der Waals surface area contributed by atoms with E-state index in [2.05, 4.69) is 37.8 Å². The molecule has 0 saturated carbocycles. The lowest BCUT2D eigenvalue weighted by Gasteiger charge is -2.45. The Bertz CT molecular complexity index is 1980. The summed E-state index contributed by atoms with van der Waals surface area (Å²) >= 11 is 13.0. The van der Waals surface area contributed by atoms with Gasteiger partial charge in [0.25, 0.3) is 5.91 Å². The summed E-state index contributed by atoms with van der Waals surface area (Å²) in [5.74, 6) is -0.485. The fraction of sp³-hybridized carbons (Fsp3) is 0.425. The van der Waals surface area contributed by atoms with Crippen LogP contribution in [0, 0.1) is 0 Å². The third-order valence-electron chi connectivity index (χ3n) is 11.6. The van der Waals surface area contributed by atoms with Crippen LogP contribution in [0.3, 0.4) is 0 Å². The van der Waals surface area contributed by atoms with Crippen molar-refractivity contribution in [2.45, 2.75) is 36.6 Å². The molecule has 0 aliphatic carbocycles. The number of amides is 3. The number of piperidine rings is 1. The van der Waals surface area contributed by atoms with Crippen LogP contribution >= 0.6 is 23.2 Å². The Hall–Kier alpha value is -4.69. The number of aromatic nitrogens is 3. The Labute approximate surface area is 330 Å². The van der Waals surface area contributed by atoms with Gasteiger partial charge in [0.2, 0.25) is 0 Å². The number of carboxylic acid groups (broad SMARTS) is 1. The molecule has 3 aliphatic heterocycles. The number of urea groups is 1. The number of H-pyrrole nitrogens is 1. The van der Waals surface area contributed by atoms with E-state index < -0.39 is 11.5 Å². The van der Waals surface area contributed by atoms with Crippen LogP contribution in [0.5, 0.6) is 5.75 Å². The third kappa shape index (κ3) is 8.45. The molecule has 0 bridgehead atoms. The average molecular weight is 790 g/mol. The number of hydrogen-bond donors (Lipinski definition) is 3. The number of methoxy groups -OCH3 is 1. The fourth-order valence-electron chi connectivity index (χ4n) is 8.36. The molecule has 1 unspecified atom stereocenters. The Balaban J connectivity index is 1.06. The van der Waals surface area contributed by atoms with Crippen molar-refractivity contribution in [1.82, 2.24) is 40.3 Å². The smallest absolute Gasteiger partial charge is 0.318 e. The Morgan fingerprint density at radius 3 is 2.29 bits per heavy atom. The zero-order valence-electron chi connectivity index (χ0n) is 30.8. The highest BCUT2D eigenvalue weighted by molar-refractivity contribution is 6.42. The van der Waals surface area contributed by atoms with E-state index in [1.54, 1.807) is 24.3 Å². The average Bonchev–Trinajstić information content (AvgIpc) is 3.91. The van der Waals surface area contributed by atoms with Gasteiger partial charge in [0.05, 0.1) is 41.0 Å². The number of nitrogens with zero attached hydrogens (tertiary/aromatic N) is 6. The van der Waals surface area contributed by atoms with Crippen LogP contribution in [0.15, 0.2) is 72.9 Å². The Kier molecular flexibility index (Phi) is 11.6. The number of carbonyl (C=O) groups excluding carboxylic acids is 2. The number of benzene rings is 3. The highest BCUT2D eigenvalue weighted by Crippen LogP contribution is 2.42. The summed E-state index contributed by atoms with van der Waals surface area (Å²) in [4.78, 5) is 47.2. The number of halogens is 2. The molecular formula is C40H46Cl2N8O5. The standard InChI is InChI=1S/C40H46Cl2N8O5/c1-55-35-10-7-28(34-25-43-46-45-34)23-31(35)37(53)50-18-12-39(27-50,30-8-9-32(41)33(42)24-30)11-15-47-16-13-40(14-17-47,29-5-3-2-4-6-29)44-38(54)49-21-19-48(20-22-49)26-36(51)52/h2-10,23-25H,11-22,26-27H2,1H3,(H,44,54)(H,51,52)(H,43,45,46). The van der Waals surface area contributed by atoms with Gasteiger partial charge >= 0.3 is 12.0 Å². The number of aromatic amines is 1. The van der Waals surface area contributed by atoms with Crippen molar-refractivity contribution in [2.24, 2.45) is 0 Å². The van der Waals surface area contributed by atoms with Gasteiger partial charge in [-0.05, 0) is 73.7 Å². The maximum Gasteiger partial charge on any atom is 0.318 e. The van der Waals surface area contributed by atoms with Crippen molar-refractivity contribution in [3.63, 3.8) is 0 Å². The number of rotatable bonds is 11. The van der Waals surface area contributed by atoms with Crippen molar-refractivity contribution in [3.8, 4) is 17.0 Å². The first kappa shape index (κ1) is 38.6. The molecule has 3 N–H and O–H groups in total. The fourth-order valence-corrected chi connectivity index (χ4v) is 8.66. The number of ether oxygens (including phenoxy) is 1. The zero-order valence-corrected chi connectivity index (χ0v) is 32.4. The topological polar surface area (TPSA) is 147 Å². The maximum absolute atomic E-state index is 14.2. The molecule has 1 atom stereocenters. The van der Waals surface area contributed by atoms with Crippen molar-refractivity contribution in [2.75, 3.05) is 72.6 Å². The van der Waals surface area contributed by atoms with E-state index in [-0.39, 0.29) is 23.9 Å². The molecule has 3 fully saturated rings. The van der Waals surface area contributed by atoms with E-state index >= 15 is 0 Å². The second kappa shape index (κ2) is 16.6. The Morgan fingerprint density at radius 1 is 0.855 bits per heavy atom. The van der Waals surface area contributed by atoms with E-state index in [0.717, 1.165) is 62.0 Å². The number of aliphatic carboxylic acids is 1. The van der Waals surface area contributed by atoms with Crippen LogP contribution in [-0.2, 0) is 15.7 Å². The van der Waals surface area contributed by atoms with E-state index in [0.29, 0.717) is 66.3 Å². The summed E-state index contributed by atoms with van der Waals surface area (Å²) in [6.07, 6.45) is 4.62. The molecule has 290 valence electrons. The molecule has 3 saturated heterocycles. The van der Waals surface area contributed by atoms with Crippen molar-refractivity contribution in [1.29, 1.82) is 0 Å². The van der Waals surface area contributed by atoms with Gasteiger partial charge < -0.3 is 29.9 Å². The first-order valence-electron chi connectivity index (χ1n) is 18.7. The molecule has 0 spiro atoms. The lowest BCUT2D eigenvalue weighted by molar-refractivity contribution is -0.138. The van der Waals surface area contributed by atoms with E-state index in [1.807, 2.05) is 58.3 Å². The summed E-state index contributed by atoms with van der Waals surface area (Å²) in [5.41, 5.74) is 3.08. The van der Waals surface area contributed by atoms with Crippen LogP contribution in [0.1, 0.15) is 47.2 Å². The minimum atomic E-state index is -0.861. The number of likely N-dealkylation sites (tertiary alicyclic amines) is 2. The number of hydrogen-bond acceptors (Lipinski definition) is 8. The number of piperazine rings is 1. The number of carbonyl (C=O) groups is 3. The number of nitrogens with one attached hydrogen (secondary N) is 2. The highest BCUT2D eigenvalue weighted by atomic mass is 35.5. The van der Waals surface area contributed by atoms with E-state index in [9.17, 15) is 19.5 Å². The minimum Gasteiger partial charge on any atom is -0.496 e. The van der Waals surface area contributed by atoms with Gasteiger partial charge in [0.15, 0.2) is 0 Å². The molecular weight excluding hydrogens is 743 g/mol. The van der Waals surface area contributed by atoms with Gasteiger partial charge in [0, 0.05) is 63.3 Å². The number of carboxylic acids is 1. The lowest BCUT2D eigenvalue weighted by atomic mass is 9.76. The first-order chi connectivity index (χ1) is 26.6. The van der Waals surface area contributed by atoms with Crippen LogP contribution in [0.4, 0.5) is 4.79 Å². The van der Waals surface area contributed by atoms with Crippen LogP contribution in [0.25, 0.3) is 11.3 Å². The molecule has 4 aromatic rings. The van der Waals surface area contributed by atoms with Gasteiger partial charge in [-0.1, -0.05) is 59.6 Å². The monoisotopic (exact) mass is 788 g/mol. The van der Waals surface area contributed by atoms with Gasteiger partial charge in [0.1, 0.15) is 11.4 Å². The van der Waals surface area contributed by atoms with Gasteiger partial charge in [-0.15, -0.1) is 0 Å². The molecule has 3 aliphatic rings. The van der Waals surface area contributed by atoms with Gasteiger partial charge in [-0.25, -0.2) is 4.79 Å². The summed E-state index contributed by atoms with van der Waals surface area (Å²) in [5, 5.41) is 24.3. The second-order valence-electron chi connectivity index (χ2n) is 14.8. The molecule has 1 aromatic heterocycles. The molecule has 3 amide bonds. The van der Waals surface area contributed by atoms with Crippen molar-refractivity contribution in [3.05, 3.63) is 99.7 Å². The summed E-state index contributed by atoms with van der Waals surface area (Å²) in [7, 11) is 1.56. The van der Waals surface area contributed by atoms with Gasteiger partial charge in [-0.2, -0.15) is 15.4 Å². The minimum absolute atomic E-state index is 0.0206. The van der Waals surface area contributed by atoms with Crippen molar-refractivity contribution >= 4 is 41.1 Å². The van der Waals surface area contributed by atoms with E-state index in [4.69, 9.17) is 27.9 Å². The normalized spacial score (nSPS) is 20.3. The predicted octanol–water partition coefficient (Wildman–Crippen LogP) is 5.36. The highest BCUT2D eigenvalue weighted by Gasteiger charge is 2.44. The quantitative estimate of drug-likeness (QED) is 0.183. The predicted molar refractivity (Wildman–Crippen MR) is 210 cm³/mol. The SMILES string of the molecule is COc1ccc(-c2cn[nH]n2)cc1C(=O)N1CCC(CCN2CCC(NC(=O)N3CCN(CC(=O)O)CC3)(c3ccccc3)CC2)(c2ccc(Cl)c(Cl)c2)C1. The summed E-state index contributed by atoms with van der Waals surface area (Å²) in [6.45, 7) is 5.38. The first-order valence-corrected chi connectivity index (χ1v) is 19.4. The molecule has 15 heteroatoms. The maximum atomic E-state index is 14.2. The Morgan fingerprint density at radius 2 is 1.62 bits per heavy atom. The van der Waals surface area contributed by atoms with Crippen molar-refractivity contribution < 1.29 is 24.2 Å². The van der Waals surface area contributed by atoms with Crippen LogP contribution in [0.2, 0.25) is 10.0 Å². The molecule has 3 aromatic carbocycles. The molecule has 55 heavy (non-hydrogen) atoms. The third-order valence-corrected chi connectivity index (χ3v) is 12.4. The molecule has 0 radical (unpaired) electrons. The largest absolute Gasteiger partial charge is 0.496 e. The molecule has 7 rings (SSSR count). The van der Waals surface area contributed by atoms with Crippen LogP contribution < -0.4 is 10.1 Å².